The summed E-state index contributed by atoms with van der Waals surface area (Å²) >= 11 is 7.00. The molecule has 1 aliphatic carbocycles. The fourth-order valence-electron chi connectivity index (χ4n) is 3.73. The van der Waals surface area contributed by atoms with Crippen molar-refractivity contribution in [3.05, 3.63) is 40.4 Å². The molecule has 2 aromatic heterocycles. The number of nitrogens with zero attached hydrogens (tertiary/aromatic N) is 5. The number of halogens is 3. The molecular weight excluding hydrogens is 434 g/mol. The third-order valence-corrected chi connectivity index (χ3v) is 6.20. The minimum absolute atomic E-state index is 0.216. The van der Waals surface area contributed by atoms with Crippen LogP contribution in [0.4, 0.5) is 13.9 Å². The first-order chi connectivity index (χ1) is 14.3. The summed E-state index contributed by atoms with van der Waals surface area (Å²) in [6.07, 6.45) is 1.17. The Morgan fingerprint density at radius 3 is 2.73 bits per heavy atom. The van der Waals surface area contributed by atoms with Crippen LogP contribution in [-0.4, -0.2) is 37.0 Å². The van der Waals surface area contributed by atoms with E-state index < -0.39 is 17.8 Å². The summed E-state index contributed by atoms with van der Waals surface area (Å²) < 4.78 is 28.2. The maximum Gasteiger partial charge on any atom is 0.248 e. The van der Waals surface area contributed by atoms with Crippen molar-refractivity contribution in [1.82, 2.24) is 25.2 Å². The molecule has 0 aliphatic heterocycles. The number of aromatic nitrogens is 5. The number of rotatable bonds is 6. The SMILES string of the molecule is CCn1nnc(-c2ccc(C(C(=O)Nc3ncc(Cl)s3)C3CCC(F)(F)C3)cc2)n1. The Morgan fingerprint density at radius 1 is 1.40 bits per heavy atom. The van der Waals surface area contributed by atoms with Crippen LogP contribution in [0.1, 0.15) is 37.7 Å². The summed E-state index contributed by atoms with van der Waals surface area (Å²) in [7, 11) is 0. The highest BCUT2D eigenvalue weighted by Crippen LogP contribution is 2.46. The normalized spacial score (nSPS) is 19.0. The molecule has 1 aliphatic rings. The van der Waals surface area contributed by atoms with Gasteiger partial charge in [-0.05, 0) is 30.0 Å². The summed E-state index contributed by atoms with van der Waals surface area (Å²) in [5.41, 5.74) is 1.39. The van der Waals surface area contributed by atoms with Gasteiger partial charge < -0.3 is 5.32 Å². The number of amides is 1. The van der Waals surface area contributed by atoms with E-state index in [1.54, 1.807) is 24.3 Å². The van der Waals surface area contributed by atoms with Gasteiger partial charge in [-0.3, -0.25) is 4.79 Å². The quantitative estimate of drug-likeness (QED) is 0.589. The van der Waals surface area contributed by atoms with Gasteiger partial charge >= 0.3 is 0 Å². The summed E-state index contributed by atoms with van der Waals surface area (Å²) in [5, 5.41) is 15.3. The number of tetrazole rings is 1. The molecule has 0 radical (unpaired) electrons. The van der Waals surface area contributed by atoms with Crippen molar-refractivity contribution in [2.24, 2.45) is 5.92 Å². The van der Waals surface area contributed by atoms with Crippen LogP contribution in [-0.2, 0) is 11.3 Å². The molecule has 3 aromatic rings. The van der Waals surface area contributed by atoms with Gasteiger partial charge in [0, 0.05) is 18.4 Å². The summed E-state index contributed by atoms with van der Waals surface area (Å²) in [4.78, 5) is 18.6. The number of anilines is 1. The van der Waals surface area contributed by atoms with Crippen LogP contribution < -0.4 is 5.32 Å². The molecule has 1 aromatic carbocycles. The van der Waals surface area contributed by atoms with Crippen molar-refractivity contribution in [2.75, 3.05) is 5.32 Å². The highest BCUT2D eigenvalue weighted by molar-refractivity contribution is 7.19. The van der Waals surface area contributed by atoms with E-state index in [1.165, 1.54) is 11.0 Å². The van der Waals surface area contributed by atoms with Crippen molar-refractivity contribution in [1.29, 1.82) is 0 Å². The molecule has 2 unspecified atom stereocenters. The van der Waals surface area contributed by atoms with Gasteiger partial charge in [-0.1, -0.05) is 47.2 Å². The van der Waals surface area contributed by atoms with Crippen molar-refractivity contribution in [3.63, 3.8) is 0 Å². The molecule has 0 bridgehead atoms. The van der Waals surface area contributed by atoms with E-state index in [-0.39, 0.29) is 25.2 Å². The van der Waals surface area contributed by atoms with E-state index >= 15 is 0 Å². The number of hydrogen-bond acceptors (Lipinski definition) is 6. The molecule has 0 spiro atoms. The first-order valence-electron chi connectivity index (χ1n) is 9.53. The topological polar surface area (TPSA) is 85.6 Å². The molecule has 0 saturated heterocycles. The van der Waals surface area contributed by atoms with E-state index in [1.807, 2.05) is 6.92 Å². The van der Waals surface area contributed by atoms with Gasteiger partial charge in [-0.25, -0.2) is 13.8 Å². The van der Waals surface area contributed by atoms with Crippen LogP contribution in [0.3, 0.4) is 0 Å². The van der Waals surface area contributed by atoms with Crippen LogP contribution in [0.25, 0.3) is 11.4 Å². The number of hydrogen-bond donors (Lipinski definition) is 1. The van der Waals surface area contributed by atoms with Gasteiger partial charge in [-0.2, -0.15) is 4.80 Å². The zero-order valence-electron chi connectivity index (χ0n) is 16.1. The van der Waals surface area contributed by atoms with E-state index in [9.17, 15) is 13.6 Å². The third-order valence-electron chi connectivity index (χ3n) is 5.17. The van der Waals surface area contributed by atoms with Crippen LogP contribution in [0.2, 0.25) is 4.34 Å². The zero-order chi connectivity index (χ0) is 21.3. The molecule has 1 fully saturated rings. The van der Waals surface area contributed by atoms with Gasteiger partial charge in [0.25, 0.3) is 0 Å². The minimum Gasteiger partial charge on any atom is -0.301 e. The van der Waals surface area contributed by atoms with Crippen LogP contribution in [0, 0.1) is 5.92 Å². The molecule has 1 N–H and O–H groups in total. The first kappa shape index (κ1) is 20.8. The van der Waals surface area contributed by atoms with Gasteiger partial charge in [0.2, 0.25) is 17.7 Å². The molecule has 2 heterocycles. The molecule has 30 heavy (non-hydrogen) atoms. The van der Waals surface area contributed by atoms with Gasteiger partial charge in [0.05, 0.1) is 18.7 Å². The Morgan fingerprint density at radius 2 is 2.17 bits per heavy atom. The highest BCUT2D eigenvalue weighted by Gasteiger charge is 2.45. The lowest BCUT2D eigenvalue weighted by molar-refractivity contribution is -0.118. The Bertz CT molecular complexity index is 1040. The molecule has 7 nitrogen and oxygen atoms in total. The second-order valence-corrected chi connectivity index (χ2v) is 8.88. The number of carbonyl (C=O) groups is 1. The molecule has 1 saturated carbocycles. The van der Waals surface area contributed by atoms with Crippen LogP contribution >= 0.6 is 22.9 Å². The molecule has 4 rings (SSSR count). The third kappa shape index (κ3) is 4.49. The van der Waals surface area contributed by atoms with Gasteiger partial charge in [-0.15, -0.1) is 10.2 Å². The number of alkyl halides is 2. The molecular formula is C19H19ClF2N6OS. The first-order valence-corrected chi connectivity index (χ1v) is 10.7. The molecule has 158 valence electrons. The van der Waals surface area contributed by atoms with Crippen molar-refractivity contribution < 1.29 is 13.6 Å². The Labute approximate surface area is 180 Å². The number of aryl methyl sites for hydroxylation is 1. The molecule has 11 heteroatoms. The molecule has 1 amide bonds. The lowest BCUT2D eigenvalue weighted by Crippen LogP contribution is -2.27. The standard InChI is InChI=1S/C19H19ClF2N6OS/c1-2-28-26-16(25-27-28)12-5-3-11(4-6-12)15(13-7-8-19(21,22)9-13)17(29)24-18-23-10-14(20)30-18/h3-6,10,13,15H,2,7-9H2,1H3,(H,23,24,29). The molecule has 2 atom stereocenters. The summed E-state index contributed by atoms with van der Waals surface area (Å²) in [6.45, 7) is 2.51. The predicted molar refractivity (Wildman–Crippen MR) is 110 cm³/mol. The number of nitrogens with one attached hydrogen (secondary N) is 1. The number of thiazole rings is 1. The van der Waals surface area contributed by atoms with Gasteiger partial charge in [0.15, 0.2) is 5.13 Å². The van der Waals surface area contributed by atoms with Crippen molar-refractivity contribution in [3.8, 4) is 11.4 Å². The largest absolute Gasteiger partial charge is 0.301 e. The predicted octanol–water partition coefficient (Wildman–Crippen LogP) is 4.63. The number of benzene rings is 1. The van der Waals surface area contributed by atoms with E-state index in [0.717, 1.165) is 16.9 Å². The lowest BCUT2D eigenvalue weighted by atomic mass is 9.83. The summed E-state index contributed by atoms with van der Waals surface area (Å²) in [5.74, 6) is -3.86. The zero-order valence-corrected chi connectivity index (χ0v) is 17.6. The second-order valence-electron chi connectivity index (χ2n) is 7.22. The average Bonchev–Trinajstić information content (AvgIpc) is 3.43. The lowest BCUT2D eigenvalue weighted by Gasteiger charge is -2.23. The summed E-state index contributed by atoms with van der Waals surface area (Å²) in [6, 6.07) is 7.08. The Hall–Kier alpha value is -2.46. The average molecular weight is 453 g/mol. The van der Waals surface area contributed by atoms with Crippen LogP contribution in [0.5, 0.6) is 0 Å². The van der Waals surface area contributed by atoms with E-state index in [0.29, 0.717) is 27.4 Å². The van der Waals surface area contributed by atoms with E-state index in [2.05, 4.69) is 25.7 Å². The maximum atomic E-state index is 13.9. The van der Waals surface area contributed by atoms with Crippen molar-refractivity contribution in [2.45, 2.75) is 44.6 Å². The smallest absolute Gasteiger partial charge is 0.248 e. The second kappa shape index (κ2) is 8.35. The van der Waals surface area contributed by atoms with E-state index in [4.69, 9.17) is 11.6 Å². The minimum atomic E-state index is -2.75. The Kier molecular flexibility index (Phi) is 5.79. The Balaban J connectivity index is 1.60. The fraction of sp³-hybridized carbons (Fsp3) is 0.421. The monoisotopic (exact) mass is 452 g/mol. The fourth-order valence-corrected chi connectivity index (χ4v) is 4.55. The van der Waals surface area contributed by atoms with Crippen LogP contribution in [0.15, 0.2) is 30.5 Å². The van der Waals surface area contributed by atoms with Crippen molar-refractivity contribution >= 4 is 34.0 Å². The number of carbonyl (C=O) groups excluding carboxylic acids is 1. The maximum absolute atomic E-state index is 13.9. The van der Waals surface area contributed by atoms with Gasteiger partial charge in [0.1, 0.15) is 4.34 Å². The highest BCUT2D eigenvalue weighted by atomic mass is 35.5.